The van der Waals surface area contributed by atoms with Gasteiger partial charge in [0.15, 0.2) is 0 Å². The second-order valence-electron chi connectivity index (χ2n) is 4.45. The van der Waals surface area contributed by atoms with E-state index in [-0.39, 0.29) is 5.91 Å². The highest BCUT2D eigenvalue weighted by Gasteiger charge is 2.04. The first kappa shape index (κ1) is 14.5. The van der Waals surface area contributed by atoms with E-state index in [9.17, 15) is 4.79 Å². The topological polar surface area (TPSA) is 54.3 Å². The molecule has 0 bridgehead atoms. The van der Waals surface area contributed by atoms with Gasteiger partial charge in [-0.2, -0.15) is 0 Å². The fourth-order valence-corrected chi connectivity index (χ4v) is 1.97. The summed E-state index contributed by atoms with van der Waals surface area (Å²) in [6, 6.07) is 9.30. The van der Waals surface area contributed by atoms with Crippen molar-refractivity contribution in [2.24, 2.45) is 0 Å². The van der Waals surface area contributed by atoms with Gasteiger partial charge < -0.3 is 15.1 Å². The van der Waals surface area contributed by atoms with Crippen LogP contribution in [0.25, 0.3) is 0 Å². The molecule has 4 nitrogen and oxygen atoms in total. The quantitative estimate of drug-likeness (QED) is 0.858. The van der Waals surface area contributed by atoms with Gasteiger partial charge in [0, 0.05) is 23.7 Å². The lowest BCUT2D eigenvalue weighted by Crippen LogP contribution is -2.24. The van der Waals surface area contributed by atoms with Crippen LogP contribution >= 0.6 is 11.6 Å². The van der Waals surface area contributed by atoms with Crippen molar-refractivity contribution in [2.45, 2.75) is 19.9 Å². The summed E-state index contributed by atoms with van der Waals surface area (Å²) in [5, 5.41) is 6.73. The first-order chi connectivity index (χ1) is 9.66. The van der Waals surface area contributed by atoms with Crippen LogP contribution in [0.3, 0.4) is 0 Å². The van der Waals surface area contributed by atoms with Crippen molar-refractivity contribution in [1.29, 1.82) is 0 Å². The van der Waals surface area contributed by atoms with Gasteiger partial charge >= 0.3 is 0 Å². The van der Waals surface area contributed by atoms with Crippen LogP contribution in [0, 0.1) is 6.92 Å². The van der Waals surface area contributed by atoms with Crippen molar-refractivity contribution < 1.29 is 9.21 Å². The summed E-state index contributed by atoms with van der Waals surface area (Å²) in [5.41, 5.74) is 1.95. The van der Waals surface area contributed by atoms with E-state index in [2.05, 4.69) is 10.6 Å². The van der Waals surface area contributed by atoms with Gasteiger partial charge in [-0.3, -0.25) is 4.79 Å². The number of nitrogens with one attached hydrogen (secondary N) is 2. The monoisotopic (exact) mass is 292 g/mol. The van der Waals surface area contributed by atoms with Crippen LogP contribution in [0.4, 0.5) is 5.69 Å². The number of carbonyl (C=O) groups excluding carboxylic acids is 1. The average Bonchev–Trinajstić information content (AvgIpc) is 2.94. The summed E-state index contributed by atoms with van der Waals surface area (Å²) < 4.78 is 5.14. The molecule has 5 heteroatoms. The summed E-state index contributed by atoms with van der Waals surface area (Å²) in [4.78, 5) is 11.7. The number of rotatable bonds is 6. The third-order valence-corrected chi connectivity index (χ3v) is 3.38. The van der Waals surface area contributed by atoms with Crippen LogP contribution in [0.15, 0.2) is 41.0 Å². The van der Waals surface area contributed by atoms with Crippen molar-refractivity contribution in [1.82, 2.24) is 5.32 Å². The molecule has 2 aromatic rings. The smallest absolute Gasteiger partial charge is 0.222 e. The lowest BCUT2D eigenvalue weighted by Gasteiger charge is -2.10. The Bertz CT molecular complexity index is 567. The van der Waals surface area contributed by atoms with Gasteiger partial charge in [0.05, 0.1) is 12.8 Å². The zero-order valence-corrected chi connectivity index (χ0v) is 12.0. The average molecular weight is 293 g/mol. The minimum Gasteiger partial charge on any atom is -0.467 e. The molecule has 1 heterocycles. The van der Waals surface area contributed by atoms with E-state index < -0.39 is 0 Å². The summed E-state index contributed by atoms with van der Waals surface area (Å²) in [6.07, 6.45) is 1.98. The van der Waals surface area contributed by atoms with Gasteiger partial charge in [-0.25, -0.2) is 0 Å². The molecule has 0 saturated carbocycles. The molecule has 2 rings (SSSR count). The molecular formula is C15H17ClN2O2. The minimum atomic E-state index is -0.0198. The number of amides is 1. The Kier molecular flexibility index (Phi) is 5.07. The van der Waals surface area contributed by atoms with Gasteiger partial charge in [-0.15, -0.1) is 0 Å². The molecule has 0 aliphatic heterocycles. The second kappa shape index (κ2) is 7.01. The zero-order valence-electron chi connectivity index (χ0n) is 11.3. The molecule has 0 radical (unpaired) electrons. The lowest BCUT2D eigenvalue weighted by molar-refractivity contribution is -0.121. The van der Waals surface area contributed by atoms with E-state index in [4.69, 9.17) is 16.0 Å². The molecule has 1 aromatic heterocycles. The van der Waals surface area contributed by atoms with Crippen LogP contribution in [0.1, 0.15) is 17.7 Å². The summed E-state index contributed by atoms with van der Waals surface area (Å²) in [6.45, 7) is 2.93. The Morgan fingerprint density at radius 1 is 1.30 bits per heavy atom. The number of hydrogen-bond acceptors (Lipinski definition) is 3. The Morgan fingerprint density at radius 2 is 2.15 bits per heavy atom. The molecular weight excluding hydrogens is 276 g/mol. The molecule has 20 heavy (non-hydrogen) atoms. The van der Waals surface area contributed by atoms with Gasteiger partial charge in [-0.1, -0.05) is 17.7 Å². The maximum Gasteiger partial charge on any atom is 0.222 e. The Morgan fingerprint density at radius 3 is 2.90 bits per heavy atom. The van der Waals surface area contributed by atoms with Gasteiger partial charge in [0.25, 0.3) is 0 Å². The summed E-state index contributed by atoms with van der Waals surface area (Å²) >= 11 is 6.03. The normalized spacial score (nSPS) is 10.3. The van der Waals surface area contributed by atoms with Crippen LogP contribution in [0.5, 0.6) is 0 Å². The van der Waals surface area contributed by atoms with Gasteiger partial charge in [-0.05, 0) is 36.8 Å². The van der Waals surface area contributed by atoms with Crippen molar-refractivity contribution in [3.05, 3.63) is 52.9 Å². The van der Waals surface area contributed by atoms with Crippen LogP contribution in [-0.4, -0.2) is 12.5 Å². The summed E-state index contributed by atoms with van der Waals surface area (Å²) in [5.74, 6) is 0.727. The maximum absolute atomic E-state index is 11.7. The minimum absolute atomic E-state index is 0.0198. The molecule has 0 saturated heterocycles. The number of anilines is 1. The second-order valence-corrected chi connectivity index (χ2v) is 4.85. The molecule has 1 amide bonds. The van der Waals surface area contributed by atoms with Gasteiger partial charge in [0.1, 0.15) is 5.76 Å². The number of hydrogen-bond donors (Lipinski definition) is 2. The standard InChI is InChI=1S/C15H17ClN2O2/c1-11-13(16)5-2-6-14(11)17-8-7-15(19)18-10-12-4-3-9-20-12/h2-6,9,17H,7-8,10H2,1H3,(H,18,19). The predicted molar refractivity (Wildman–Crippen MR) is 79.9 cm³/mol. The first-order valence-corrected chi connectivity index (χ1v) is 6.82. The van der Waals surface area contributed by atoms with Crippen molar-refractivity contribution >= 4 is 23.2 Å². The number of furan rings is 1. The zero-order chi connectivity index (χ0) is 14.4. The number of benzene rings is 1. The number of halogens is 1. The van der Waals surface area contributed by atoms with Crippen molar-refractivity contribution in [2.75, 3.05) is 11.9 Å². The maximum atomic E-state index is 11.7. The van der Waals surface area contributed by atoms with Gasteiger partial charge in [0.2, 0.25) is 5.91 Å². The molecule has 0 fully saturated rings. The molecule has 0 spiro atoms. The number of carbonyl (C=O) groups is 1. The fourth-order valence-electron chi connectivity index (χ4n) is 1.80. The van der Waals surface area contributed by atoms with E-state index in [1.165, 1.54) is 0 Å². The van der Waals surface area contributed by atoms with Crippen LogP contribution < -0.4 is 10.6 Å². The highest BCUT2D eigenvalue weighted by Crippen LogP contribution is 2.22. The van der Waals surface area contributed by atoms with E-state index in [0.717, 1.165) is 22.0 Å². The Labute approximate surface area is 123 Å². The van der Waals surface area contributed by atoms with Crippen molar-refractivity contribution in [3.63, 3.8) is 0 Å². The Hall–Kier alpha value is -1.94. The molecule has 0 unspecified atom stereocenters. The predicted octanol–water partition coefficient (Wildman–Crippen LogP) is 3.36. The van der Waals surface area contributed by atoms with E-state index in [1.54, 1.807) is 12.3 Å². The summed E-state index contributed by atoms with van der Waals surface area (Å²) in [7, 11) is 0. The largest absolute Gasteiger partial charge is 0.467 e. The third-order valence-electron chi connectivity index (χ3n) is 2.98. The highest BCUT2D eigenvalue weighted by molar-refractivity contribution is 6.31. The molecule has 0 aliphatic carbocycles. The Balaban J connectivity index is 1.72. The lowest BCUT2D eigenvalue weighted by atomic mass is 10.2. The first-order valence-electron chi connectivity index (χ1n) is 6.45. The third kappa shape index (κ3) is 4.03. The molecule has 2 N–H and O–H groups in total. The molecule has 1 aromatic carbocycles. The molecule has 0 aliphatic rings. The van der Waals surface area contributed by atoms with Crippen LogP contribution in [-0.2, 0) is 11.3 Å². The molecule has 0 atom stereocenters. The fraction of sp³-hybridized carbons (Fsp3) is 0.267. The van der Waals surface area contributed by atoms with E-state index >= 15 is 0 Å². The van der Waals surface area contributed by atoms with Crippen LogP contribution in [0.2, 0.25) is 5.02 Å². The van der Waals surface area contributed by atoms with E-state index in [1.807, 2.05) is 31.2 Å². The molecule has 106 valence electrons. The highest BCUT2D eigenvalue weighted by atomic mass is 35.5. The SMILES string of the molecule is Cc1c(Cl)cccc1NCCC(=O)NCc1ccco1. The van der Waals surface area contributed by atoms with E-state index in [0.29, 0.717) is 19.5 Å². The van der Waals surface area contributed by atoms with Crippen molar-refractivity contribution in [3.8, 4) is 0 Å².